The van der Waals surface area contributed by atoms with E-state index in [9.17, 15) is 4.79 Å². The first-order chi connectivity index (χ1) is 10.1. The van der Waals surface area contributed by atoms with E-state index >= 15 is 0 Å². The highest BCUT2D eigenvalue weighted by Crippen LogP contribution is 2.22. The number of para-hydroxylation sites is 1. The summed E-state index contributed by atoms with van der Waals surface area (Å²) in [7, 11) is 0. The molecule has 4 nitrogen and oxygen atoms in total. The predicted octanol–water partition coefficient (Wildman–Crippen LogP) is 3.52. The van der Waals surface area contributed by atoms with Crippen LogP contribution in [0.3, 0.4) is 0 Å². The summed E-state index contributed by atoms with van der Waals surface area (Å²) < 4.78 is 1.91. The van der Waals surface area contributed by atoms with Crippen molar-refractivity contribution in [2.24, 2.45) is 0 Å². The number of fused-ring (bicyclic) bond motifs is 1. The minimum absolute atomic E-state index is 0.113. The molecule has 3 aromatic rings. The van der Waals surface area contributed by atoms with Gasteiger partial charge < -0.3 is 15.6 Å². The van der Waals surface area contributed by atoms with Gasteiger partial charge in [0.15, 0.2) is 0 Å². The molecule has 0 atom stereocenters. The molecule has 0 aliphatic heterocycles. The van der Waals surface area contributed by atoms with Gasteiger partial charge in [0.2, 0.25) is 5.91 Å². The fourth-order valence-electron chi connectivity index (χ4n) is 2.26. The van der Waals surface area contributed by atoms with Crippen molar-refractivity contribution in [3.63, 3.8) is 0 Å². The second kappa shape index (κ2) is 5.50. The molecule has 5 heteroatoms. The number of nitrogens with two attached hydrogens (primary N) is 1. The van der Waals surface area contributed by atoms with Crippen LogP contribution in [0.1, 0.15) is 0 Å². The Hall–Kier alpha value is -2.46. The zero-order valence-electron chi connectivity index (χ0n) is 11.2. The average Bonchev–Trinajstić information content (AvgIpc) is 2.86. The molecule has 106 valence electrons. The number of nitrogen functional groups attached to an aromatic ring is 1. The lowest BCUT2D eigenvalue weighted by Gasteiger charge is -2.08. The lowest BCUT2D eigenvalue weighted by molar-refractivity contribution is -0.116. The van der Waals surface area contributed by atoms with Crippen LogP contribution in [0.15, 0.2) is 54.7 Å². The Morgan fingerprint density at radius 1 is 1.19 bits per heavy atom. The molecule has 2 aromatic carbocycles. The lowest BCUT2D eigenvalue weighted by Crippen LogP contribution is -2.18. The fraction of sp³-hybridized carbons (Fsp3) is 0.0625. The molecule has 1 aromatic heterocycles. The van der Waals surface area contributed by atoms with Gasteiger partial charge in [-0.15, -0.1) is 0 Å². The highest BCUT2D eigenvalue weighted by Gasteiger charge is 2.07. The maximum atomic E-state index is 12.1. The number of anilines is 2. The van der Waals surface area contributed by atoms with E-state index in [2.05, 4.69) is 5.32 Å². The lowest BCUT2D eigenvalue weighted by atomic mass is 10.2. The van der Waals surface area contributed by atoms with Gasteiger partial charge in [-0.1, -0.05) is 29.8 Å². The number of nitrogens with one attached hydrogen (secondary N) is 1. The van der Waals surface area contributed by atoms with E-state index in [1.807, 2.05) is 41.1 Å². The van der Waals surface area contributed by atoms with E-state index in [0.29, 0.717) is 16.4 Å². The van der Waals surface area contributed by atoms with Crippen LogP contribution in [0.25, 0.3) is 10.9 Å². The Balaban J connectivity index is 1.75. The predicted molar refractivity (Wildman–Crippen MR) is 86.4 cm³/mol. The molecule has 1 amide bonds. The number of amides is 1. The maximum absolute atomic E-state index is 12.1. The van der Waals surface area contributed by atoms with Gasteiger partial charge in [0.05, 0.1) is 10.7 Å². The minimum atomic E-state index is -0.113. The SMILES string of the molecule is Nc1cc(NC(=O)Cn2ccc3ccccc32)ccc1Cl. The van der Waals surface area contributed by atoms with Crippen LogP contribution in [0.4, 0.5) is 11.4 Å². The maximum Gasteiger partial charge on any atom is 0.244 e. The molecule has 0 spiro atoms. The average molecular weight is 300 g/mol. The van der Waals surface area contributed by atoms with Gasteiger partial charge in [-0.25, -0.2) is 0 Å². The summed E-state index contributed by atoms with van der Waals surface area (Å²) >= 11 is 5.86. The van der Waals surface area contributed by atoms with E-state index in [4.69, 9.17) is 17.3 Å². The summed E-state index contributed by atoms with van der Waals surface area (Å²) in [6, 6.07) is 15.0. The van der Waals surface area contributed by atoms with Gasteiger partial charge in [0.25, 0.3) is 0 Å². The number of rotatable bonds is 3. The van der Waals surface area contributed by atoms with E-state index < -0.39 is 0 Å². The second-order valence-corrected chi connectivity index (χ2v) is 5.19. The topological polar surface area (TPSA) is 60.0 Å². The van der Waals surface area contributed by atoms with E-state index in [1.54, 1.807) is 18.2 Å². The van der Waals surface area contributed by atoms with Crippen molar-refractivity contribution in [1.29, 1.82) is 0 Å². The van der Waals surface area contributed by atoms with Crippen molar-refractivity contribution in [3.8, 4) is 0 Å². The second-order valence-electron chi connectivity index (χ2n) is 4.79. The molecule has 0 aliphatic carbocycles. The van der Waals surface area contributed by atoms with Crippen molar-refractivity contribution in [1.82, 2.24) is 4.57 Å². The van der Waals surface area contributed by atoms with E-state index in [0.717, 1.165) is 10.9 Å². The van der Waals surface area contributed by atoms with Gasteiger partial charge in [0, 0.05) is 17.4 Å². The molecule has 0 bridgehead atoms. The van der Waals surface area contributed by atoms with Crippen molar-refractivity contribution in [3.05, 3.63) is 59.8 Å². The summed E-state index contributed by atoms with van der Waals surface area (Å²) in [4.78, 5) is 12.1. The fourth-order valence-corrected chi connectivity index (χ4v) is 2.37. The zero-order chi connectivity index (χ0) is 14.8. The van der Waals surface area contributed by atoms with Gasteiger partial charge in [-0.05, 0) is 35.7 Å². The number of carbonyl (C=O) groups excluding carboxylic acids is 1. The van der Waals surface area contributed by atoms with Crippen LogP contribution < -0.4 is 11.1 Å². The standard InChI is InChI=1S/C16H14ClN3O/c17-13-6-5-12(9-14(13)18)19-16(21)10-20-8-7-11-3-1-2-4-15(11)20/h1-9H,10,18H2,(H,19,21). The van der Waals surface area contributed by atoms with Crippen LogP contribution in [0.5, 0.6) is 0 Å². The highest BCUT2D eigenvalue weighted by atomic mass is 35.5. The Morgan fingerprint density at radius 2 is 2.00 bits per heavy atom. The Morgan fingerprint density at radius 3 is 2.81 bits per heavy atom. The molecule has 0 aliphatic rings. The molecular formula is C16H14ClN3O. The number of hydrogen-bond acceptors (Lipinski definition) is 2. The molecular weight excluding hydrogens is 286 g/mol. The molecule has 0 saturated heterocycles. The van der Waals surface area contributed by atoms with Crippen molar-refractivity contribution < 1.29 is 4.79 Å². The Labute approximate surface area is 127 Å². The van der Waals surface area contributed by atoms with Crippen LogP contribution in [0, 0.1) is 0 Å². The quantitative estimate of drug-likeness (QED) is 0.727. The third kappa shape index (κ3) is 2.85. The smallest absolute Gasteiger partial charge is 0.244 e. The molecule has 1 heterocycles. The number of benzene rings is 2. The van der Waals surface area contributed by atoms with Crippen molar-refractivity contribution >= 4 is 39.8 Å². The van der Waals surface area contributed by atoms with Crippen LogP contribution in [0.2, 0.25) is 5.02 Å². The molecule has 0 saturated carbocycles. The summed E-state index contributed by atoms with van der Waals surface area (Å²) in [5, 5.41) is 4.40. The number of hydrogen-bond donors (Lipinski definition) is 2. The van der Waals surface area contributed by atoms with Gasteiger partial charge in [-0.2, -0.15) is 0 Å². The first kappa shape index (κ1) is 13.5. The molecule has 3 N–H and O–H groups in total. The van der Waals surface area contributed by atoms with Crippen LogP contribution in [-0.4, -0.2) is 10.5 Å². The summed E-state index contributed by atoms with van der Waals surface area (Å²) in [5.41, 5.74) is 7.83. The molecule has 0 fully saturated rings. The van der Waals surface area contributed by atoms with Crippen molar-refractivity contribution in [2.75, 3.05) is 11.1 Å². The summed E-state index contributed by atoms with van der Waals surface area (Å²) in [5.74, 6) is -0.113. The number of halogens is 1. The Kier molecular flexibility index (Phi) is 3.54. The Bertz CT molecular complexity index is 810. The molecule has 3 rings (SSSR count). The van der Waals surface area contributed by atoms with Gasteiger partial charge in [-0.3, -0.25) is 4.79 Å². The van der Waals surface area contributed by atoms with Gasteiger partial charge in [0.1, 0.15) is 6.54 Å². The molecule has 21 heavy (non-hydrogen) atoms. The molecule has 0 radical (unpaired) electrons. The highest BCUT2D eigenvalue weighted by molar-refractivity contribution is 6.33. The monoisotopic (exact) mass is 299 g/mol. The van der Waals surface area contributed by atoms with E-state index in [1.165, 1.54) is 0 Å². The van der Waals surface area contributed by atoms with Gasteiger partial charge >= 0.3 is 0 Å². The van der Waals surface area contributed by atoms with Crippen LogP contribution >= 0.6 is 11.6 Å². The normalized spacial score (nSPS) is 10.7. The number of aromatic nitrogens is 1. The third-order valence-corrected chi connectivity index (χ3v) is 3.62. The first-order valence-corrected chi connectivity index (χ1v) is 6.90. The zero-order valence-corrected chi connectivity index (χ0v) is 12.0. The van der Waals surface area contributed by atoms with E-state index in [-0.39, 0.29) is 12.5 Å². The largest absolute Gasteiger partial charge is 0.397 e. The number of nitrogens with zero attached hydrogens (tertiary/aromatic N) is 1. The van der Waals surface area contributed by atoms with Crippen LogP contribution in [-0.2, 0) is 11.3 Å². The summed E-state index contributed by atoms with van der Waals surface area (Å²) in [6.07, 6.45) is 1.90. The first-order valence-electron chi connectivity index (χ1n) is 6.52. The molecule has 0 unspecified atom stereocenters. The minimum Gasteiger partial charge on any atom is -0.397 e. The van der Waals surface area contributed by atoms with Crippen molar-refractivity contribution in [2.45, 2.75) is 6.54 Å². The number of carbonyl (C=O) groups is 1. The summed E-state index contributed by atoms with van der Waals surface area (Å²) in [6.45, 7) is 0.246. The third-order valence-electron chi connectivity index (χ3n) is 3.27.